The fourth-order valence-electron chi connectivity index (χ4n) is 9.94. The van der Waals surface area contributed by atoms with Gasteiger partial charge in [-0.25, -0.2) is 4.98 Å². The number of piperidine rings is 1. The second kappa shape index (κ2) is 19.3. The van der Waals surface area contributed by atoms with E-state index in [0.717, 1.165) is 103 Å². The van der Waals surface area contributed by atoms with Crippen LogP contribution >= 0.6 is 23.1 Å². The zero-order valence-electron chi connectivity index (χ0n) is 37.5. The molecule has 0 radical (unpaired) electrons. The molecule has 3 fully saturated rings. The van der Waals surface area contributed by atoms with Crippen LogP contribution in [0.2, 0.25) is 0 Å². The topological polar surface area (TPSA) is 161 Å². The van der Waals surface area contributed by atoms with Crippen molar-refractivity contribution in [2.75, 3.05) is 62.2 Å². The van der Waals surface area contributed by atoms with E-state index in [0.29, 0.717) is 11.7 Å². The highest BCUT2D eigenvalue weighted by Crippen LogP contribution is 2.43. The lowest BCUT2D eigenvalue weighted by atomic mass is 9.91. The monoisotopic (exact) mass is 918 g/mol. The van der Waals surface area contributed by atoms with Crippen molar-refractivity contribution < 1.29 is 24.1 Å². The molecular formula is C49H58N8O6S2. The minimum atomic E-state index is -0.801. The number of hydrogen-bond donors (Lipinski definition) is 2. The molecule has 4 atom stereocenters. The Labute approximate surface area is 388 Å². The van der Waals surface area contributed by atoms with Gasteiger partial charge in [0.05, 0.1) is 33.2 Å². The number of aryl methyl sites for hydroxylation is 1. The largest absolute Gasteiger partial charge is 0.391 e. The van der Waals surface area contributed by atoms with Crippen LogP contribution in [0.4, 0.5) is 17.2 Å². The van der Waals surface area contributed by atoms with Crippen LogP contribution in [0, 0.1) is 28.9 Å². The standard InChI is InChI=1S/C49H58N8O6S2/c1-30(2)46(49(60)56-28-40(58)26-41(56)48(59)51-31(3)34-5-7-35(8-6-34)47-32(4)50-29-64-47)42-27-45(52-63-42)55-21-19-53(20-22-55)16-13-33-14-17-54(18-15-33)38-11-9-36-23-37-10-12-39(57(61)62)25-44(37)65-43(36)24-38/h5-12,24-25,27,29-31,33,40-41,46,58H,13-23,26,28H2,1-4H3,(H,51,59)/t31-,40+,41-,46-/m0/s1. The second-order valence-corrected chi connectivity index (χ2v) is 20.4. The third-order valence-corrected chi connectivity index (χ3v) is 16.0. The van der Waals surface area contributed by atoms with Crippen LogP contribution in [-0.2, 0) is 16.0 Å². The Bertz CT molecular complexity index is 2510. The van der Waals surface area contributed by atoms with Gasteiger partial charge < -0.3 is 29.6 Å². The molecular weight excluding hydrogens is 861 g/mol. The van der Waals surface area contributed by atoms with E-state index in [4.69, 9.17) is 4.52 Å². The first-order valence-corrected chi connectivity index (χ1v) is 24.6. The van der Waals surface area contributed by atoms with E-state index in [1.54, 1.807) is 35.2 Å². The molecule has 0 bridgehead atoms. The average Bonchev–Trinajstić information content (AvgIpc) is 4.08. The number of non-ortho nitro benzene ring substituents is 1. The number of β-amino-alcohol motifs (C(OH)–C–C–N with tert-alkyl or cyclic N) is 1. The number of anilines is 2. The average molecular weight is 919 g/mol. The maximum Gasteiger partial charge on any atom is 0.270 e. The summed E-state index contributed by atoms with van der Waals surface area (Å²) in [5.41, 5.74) is 8.64. The van der Waals surface area contributed by atoms with Crippen LogP contribution in [0.3, 0.4) is 0 Å². The summed E-state index contributed by atoms with van der Waals surface area (Å²) in [7, 11) is 0. The number of carbonyl (C=O) groups excluding carboxylic acids is 2. The van der Waals surface area contributed by atoms with Crippen LogP contribution < -0.4 is 15.1 Å². The number of likely N-dealkylation sites (tertiary alicyclic amines) is 1. The fraction of sp³-hybridized carbons (Fsp3) is 0.469. The molecule has 0 saturated carbocycles. The molecule has 4 aliphatic rings. The fourth-order valence-corrected chi connectivity index (χ4v) is 11.9. The van der Waals surface area contributed by atoms with Gasteiger partial charge in [-0.15, -0.1) is 11.3 Å². The number of fused-ring (bicyclic) bond motifs is 2. The highest BCUT2D eigenvalue weighted by atomic mass is 32.2. The molecule has 6 heterocycles. The Balaban J connectivity index is 0.740. The van der Waals surface area contributed by atoms with E-state index in [-0.39, 0.29) is 47.4 Å². The molecule has 3 aromatic carbocycles. The van der Waals surface area contributed by atoms with E-state index in [9.17, 15) is 24.8 Å². The van der Waals surface area contributed by atoms with Gasteiger partial charge in [-0.2, -0.15) is 0 Å². The lowest BCUT2D eigenvalue weighted by molar-refractivity contribution is -0.385. The van der Waals surface area contributed by atoms with Gasteiger partial charge >= 0.3 is 0 Å². The number of benzene rings is 3. The lowest BCUT2D eigenvalue weighted by Gasteiger charge is -2.37. The number of nitrogens with zero attached hydrogens (tertiary/aromatic N) is 7. The summed E-state index contributed by atoms with van der Waals surface area (Å²) in [6.45, 7) is 14.5. The maximum absolute atomic E-state index is 14.3. The molecule has 65 heavy (non-hydrogen) atoms. The highest BCUT2D eigenvalue weighted by Gasteiger charge is 2.44. The Morgan fingerprint density at radius 2 is 1.66 bits per heavy atom. The van der Waals surface area contributed by atoms with Crippen LogP contribution in [0.1, 0.15) is 86.6 Å². The number of carbonyl (C=O) groups is 2. The minimum Gasteiger partial charge on any atom is -0.391 e. The van der Waals surface area contributed by atoms with Crippen molar-refractivity contribution in [3.63, 3.8) is 0 Å². The molecule has 16 heteroatoms. The molecule has 2 N–H and O–H groups in total. The summed E-state index contributed by atoms with van der Waals surface area (Å²) in [6, 6.07) is 20.8. The molecule has 0 spiro atoms. The number of nitro benzene ring substituents is 1. The first kappa shape index (κ1) is 44.9. The van der Waals surface area contributed by atoms with Gasteiger partial charge in [0.2, 0.25) is 11.8 Å². The van der Waals surface area contributed by atoms with Crippen molar-refractivity contribution in [1.82, 2.24) is 25.3 Å². The van der Waals surface area contributed by atoms with Crippen molar-refractivity contribution >= 4 is 52.1 Å². The molecule has 2 aromatic heterocycles. The summed E-state index contributed by atoms with van der Waals surface area (Å²) < 4.78 is 5.91. The number of piperazine rings is 1. The van der Waals surface area contributed by atoms with Gasteiger partial charge in [-0.3, -0.25) is 24.6 Å². The normalized spacial score (nSPS) is 20.1. The SMILES string of the molecule is Cc1ncsc1-c1ccc([C@H](C)NC(=O)[C@@H]2C[C@@H](O)CN2C(=O)[C@H](c2cc(N3CCN(CCC4CCN(c5ccc6c(c5)Sc5cc([N+](=O)[O-])ccc5C6)CC4)CC3)no2)C(C)C)cc1. The molecule has 4 aliphatic heterocycles. The zero-order valence-corrected chi connectivity index (χ0v) is 39.2. The Morgan fingerprint density at radius 1 is 0.938 bits per heavy atom. The molecule has 3 saturated heterocycles. The second-order valence-electron chi connectivity index (χ2n) is 18.5. The third-order valence-electron chi connectivity index (χ3n) is 13.8. The van der Waals surface area contributed by atoms with Gasteiger partial charge in [0.15, 0.2) is 11.6 Å². The van der Waals surface area contributed by atoms with Crippen molar-refractivity contribution in [1.29, 1.82) is 0 Å². The number of aliphatic hydroxyl groups is 1. The number of nitro groups is 1. The van der Waals surface area contributed by atoms with E-state index >= 15 is 0 Å². The van der Waals surface area contributed by atoms with Crippen molar-refractivity contribution in [3.8, 4) is 10.4 Å². The van der Waals surface area contributed by atoms with E-state index in [1.165, 1.54) is 27.5 Å². The van der Waals surface area contributed by atoms with Gasteiger partial charge in [0.1, 0.15) is 12.0 Å². The molecule has 14 nitrogen and oxygen atoms in total. The van der Waals surface area contributed by atoms with Gasteiger partial charge in [0, 0.05) is 85.9 Å². The van der Waals surface area contributed by atoms with E-state index in [1.807, 2.05) is 69.6 Å². The van der Waals surface area contributed by atoms with Crippen molar-refractivity contribution in [2.24, 2.45) is 11.8 Å². The quantitative estimate of drug-likeness (QED) is 0.0848. The Morgan fingerprint density at radius 3 is 2.35 bits per heavy atom. The summed E-state index contributed by atoms with van der Waals surface area (Å²) in [6.07, 6.45) is 3.64. The molecule has 0 unspecified atom stereocenters. The summed E-state index contributed by atoms with van der Waals surface area (Å²) in [5, 5.41) is 29.6. The van der Waals surface area contributed by atoms with Crippen LogP contribution in [0.5, 0.6) is 0 Å². The van der Waals surface area contributed by atoms with Crippen LogP contribution in [0.25, 0.3) is 10.4 Å². The number of aromatic nitrogens is 2. The molecule has 342 valence electrons. The van der Waals surface area contributed by atoms with Crippen molar-refractivity contribution in [3.05, 3.63) is 110 Å². The molecule has 0 aliphatic carbocycles. The van der Waals surface area contributed by atoms with Crippen LogP contribution in [-0.4, -0.2) is 106 Å². The van der Waals surface area contributed by atoms with Crippen LogP contribution in [0.15, 0.2) is 86.6 Å². The van der Waals surface area contributed by atoms with E-state index in [2.05, 4.69) is 48.4 Å². The maximum atomic E-state index is 14.3. The number of aliphatic hydroxyl groups excluding tert-OH is 1. The number of nitrogens with one attached hydrogen (secondary N) is 1. The number of thiazole rings is 1. The van der Waals surface area contributed by atoms with Gasteiger partial charge in [-0.05, 0) is 92.3 Å². The Kier molecular flexibility index (Phi) is 13.3. The minimum absolute atomic E-state index is 0.0839. The van der Waals surface area contributed by atoms with E-state index < -0.39 is 18.1 Å². The number of hydrogen-bond acceptors (Lipinski definition) is 13. The summed E-state index contributed by atoms with van der Waals surface area (Å²) in [5.74, 6) is 0.562. The van der Waals surface area contributed by atoms with Crippen molar-refractivity contribution in [2.45, 2.75) is 93.7 Å². The van der Waals surface area contributed by atoms with Gasteiger partial charge in [0.25, 0.3) is 5.69 Å². The highest BCUT2D eigenvalue weighted by molar-refractivity contribution is 7.99. The smallest absolute Gasteiger partial charge is 0.270 e. The predicted octanol–water partition coefficient (Wildman–Crippen LogP) is 8.08. The molecule has 2 amide bonds. The predicted molar refractivity (Wildman–Crippen MR) is 254 cm³/mol. The summed E-state index contributed by atoms with van der Waals surface area (Å²) >= 11 is 3.24. The number of amides is 2. The first-order chi connectivity index (χ1) is 31.4. The zero-order chi connectivity index (χ0) is 45.4. The Hall–Kier alpha value is -5.29. The molecule has 5 aromatic rings. The first-order valence-electron chi connectivity index (χ1n) is 22.9. The lowest BCUT2D eigenvalue weighted by Crippen LogP contribution is -2.48. The molecule has 9 rings (SSSR count). The number of rotatable bonds is 13. The summed E-state index contributed by atoms with van der Waals surface area (Å²) in [4.78, 5) is 55.5. The van der Waals surface area contributed by atoms with Gasteiger partial charge in [-0.1, -0.05) is 67.2 Å². The third kappa shape index (κ3) is 9.81.